The van der Waals surface area contributed by atoms with Gasteiger partial charge in [0.1, 0.15) is 5.69 Å². The highest BCUT2D eigenvalue weighted by Crippen LogP contribution is 2.33. The summed E-state index contributed by atoms with van der Waals surface area (Å²) in [5.41, 5.74) is 2.24. The van der Waals surface area contributed by atoms with E-state index in [1.807, 2.05) is 11.5 Å². The fraction of sp³-hybridized carbons (Fsp3) is 0.304. The minimum Gasteiger partial charge on any atom is -0.436 e. The van der Waals surface area contributed by atoms with E-state index in [2.05, 4.69) is 16.9 Å². The van der Waals surface area contributed by atoms with Gasteiger partial charge in [-0.25, -0.2) is 14.4 Å². The molecule has 1 aromatic carbocycles. The summed E-state index contributed by atoms with van der Waals surface area (Å²) < 4.78 is 22.2. The Labute approximate surface area is 179 Å². The van der Waals surface area contributed by atoms with Crippen molar-refractivity contribution in [3.63, 3.8) is 0 Å². The van der Waals surface area contributed by atoms with E-state index >= 15 is 0 Å². The summed E-state index contributed by atoms with van der Waals surface area (Å²) in [4.78, 5) is 34.4. The van der Waals surface area contributed by atoms with Gasteiger partial charge in [-0.3, -0.25) is 9.59 Å². The maximum absolute atomic E-state index is 14.9. The molecule has 0 radical (unpaired) electrons. The van der Waals surface area contributed by atoms with Crippen molar-refractivity contribution in [3.05, 3.63) is 59.4 Å². The summed E-state index contributed by atoms with van der Waals surface area (Å²) in [7, 11) is 0. The summed E-state index contributed by atoms with van der Waals surface area (Å²) in [5.74, 6) is -0.355. The van der Waals surface area contributed by atoms with E-state index in [4.69, 9.17) is 4.74 Å². The predicted molar refractivity (Wildman–Crippen MR) is 113 cm³/mol. The first-order chi connectivity index (χ1) is 14.9. The Morgan fingerprint density at radius 2 is 2.03 bits per heavy atom. The number of unbranched alkanes of at least 4 members (excludes halogenated alkanes) is 1. The number of ketones is 1. The molecular formula is C23H23FN4O3. The average Bonchev–Trinajstić information content (AvgIpc) is 3.22. The van der Waals surface area contributed by atoms with E-state index < -0.39 is 5.82 Å². The number of hydrogen-bond donors (Lipinski definition) is 0. The van der Waals surface area contributed by atoms with Crippen LogP contribution in [-0.2, 0) is 6.67 Å². The molecule has 2 aromatic heterocycles. The summed E-state index contributed by atoms with van der Waals surface area (Å²) in [6, 6.07) is 9.36. The molecule has 0 spiro atoms. The molecule has 7 nitrogen and oxygen atoms in total. The number of aryl methyl sites for hydroxylation is 1. The lowest BCUT2D eigenvalue weighted by atomic mass is 10.1. The summed E-state index contributed by atoms with van der Waals surface area (Å²) in [5, 5.41) is 0. The quantitative estimate of drug-likeness (QED) is 0.520. The van der Waals surface area contributed by atoms with Gasteiger partial charge in [0.25, 0.3) is 5.91 Å². The SMILES string of the molecule is CCCCN1Cn2c(nc(C)c2-c2ccc(Oc3cccc(C(C)=O)n3)c(F)c2)C1=O. The van der Waals surface area contributed by atoms with Gasteiger partial charge in [-0.05, 0) is 37.6 Å². The van der Waals surface area contributed by atoms with Gasteiger partial charge in [0.15, 0.2) is 17.3 Å². The van der Waals surface area contributed by atoms with Gasteiger partial charge in [-0.15, -0.1) is 0 Å². The second-order valence-corrected chi connectivity index (χ2v) is 7.53. The number of halogens is 1. The van der Waals surface area contributed by atoms with Crippen LogP contribution in [0.3, 0.4) is 0 Å². The first-order valence-corrected chi connectivity index (χ1v) is 10.2. The molecule has 0 bridgehead atoms. The van der Waals surface area contributed by atoms with Gasteiger partial charge in [0, 0.05) is 25.1 Å². The summed E-state index contributed by atoms with van der Waals surface area (Å²) in [6.45, 7) is 6.37. The van der Waals surface area contributed by atoms with Gasteiger partial charge in [0.2, 0.25) is 11.7 Å². The molecule has 8 heteroatoms. The topological polar surface area (TPSA) is 77.3 Å². The first-order valence-electron chi connectivity index (χ1n) is 10.2. The monoisotopic (exact) mass is 422 g/mol. The zero-order valence-electron chi connectivity index (χ0n) is 17.7. The number of nitrogens with zero attached hydrogens (tertiary/aromatic N) is 4. The second-order valence-electron chi connectivity index (χ2n) is 7.53. The van der Waals surface area contributed by atoms with Gasteiger partial charge in [0.05, 0.1) is 18.1 Å². The highest BCUT2D eigenvalue weighted by Gasteiger charge is 2.32. The smallest absolute Gasteiger partial charge is 0.291 e. The highest BCUT2D eigenvalue weighted by atomic mass is 19.1. The molecule has 0 atom stereocenters. The average molecular weight is 422 g/mol. The Morgan fingerprint density at radius 1 is 1.23 bits per heavy atom. The van der Waals surface area contributed by atoms with Gasteiger partial charge < -0.3 is 14.2 Å². The van der Waals surface area contributed by atoms with Crippen molar-refractivity contribution in [1.82, 2.24) is 19.4 Å². The molecule has 4 rings (SSSR count). The van der Waals surface area contributed by atoms with E-state index in [0.717, 1.165) is 12.8 Å². The highest BCUT2D eigenvalue weighted by molar-refractivity contribution is 5.94. The van der Waals surface area contributed by atoms with Crippen LogP contribution in [0.2, 0.25) is 0 Å². The van der Waals surface area contributed by atoms with Crippen molar-refractivity contribution in [2.45, 2.75) is 40.3 Å². The third-order valence-electron chi connectivity index (χ3n) is 5.22. The van der Waals surface area contributed by atoms with Crippen LogP contribution in [0.25, 0.3) is 11.3 Å². The lowest BCUT2D eigenvalue weighted by Crippen LogP contribution is -2.26. The van der Waals surface area contributed by atoms with Gasteiger partial charge in [-0.2, -0.15) is 0 Å². The molecule has 0 saturated heterocycles. The summed E-state index contributed by atoms with van der Waals surface area (Å²) in [6.07, 6.45) is 1.92. The number of aromatic nitrogens is 3. The third-order valence-corrected chi connectivity index (χ3v) is 5.22. The molecule has 1 aliphatic rings. The van der Waals surface area contributed by atoms with Crippen LogP contribution in [0, 0.1) is 12.7 Å². The number of pyridine rings is 1. The zero-order valence-corrected chi connectivity index (χ0v) is 17.7. The molecule has 1 amide bonds. The van der Waals surface area contributed by atoms with Crippen LogP contribution < -0.4 is 4.74 Å². The lowest BCUT2D eigenvalue weighted by Gasteiger charge is -2.16. The fourth-order valence-electron chi connectivity index (χ4n) is 3.65. The van der Waals surface area contributed by atoms with Crippen LogP contribution in [0.4, 0.5) is 4.39 Å². The molecule has 0 aliphatic carbocycles. The number of amides is 1. The number of imidazole rings is 1. The molecule has 0 N–H and O–H groups in total. The minimum atomic E-state index is -0.574. The second kappa shape index (κ2) is 8.29. The number of carbonyl (C=O) groups is 2. The number of rotatable bonds is 7. The first kappa shape index (κ1) is 20.7. The number of ether oxygens (including phenoxy) is 1. The molecule has 1 aliphatic heterocycles. The Bertz CT molecular complexity index is 1170. The molecular weight excluding hydrogens is 399 g/mol. The molecule has 160 valence electrons. The van der Waals surface area contributed by atoms with E-state index in [-0.39, 0.29) is 29.0 Å². The van der Waals surface area contributed by atoms with Crippen molar-refractivity contribution in [2.24, 2.45) is 0 Å². The van der Waals surface area contributed by atoms with Crippen LogP contribution in [0.1, 0.15) is 53.5 Å². The molecule has 0 fully saturated rings. The summed E-state index contributed by atoms with van der Waals surface area (Å²) >= 11 is 0. The van der Waals surface area contributed by atoms with Crippen molar-refractivity contribution in [2.75, 3.05) is 6.54 Å². The number of fused-ring (bicyclic) bond motifs is 1. The molecule has 0 unspecified atom stereocenters. The van der Waals surface area contributed by atoms with Crippen molar-refractivity contribution in [3.8, 4) is 22.9 Å². The maximum atomic E-state index is 14.9. The predicted octanol–water partition coefficient (Wildman–Crippen LogP) is 4.60. The normalized spacial score (nSPS) is 12.9. The Balaban J connectivity index is 1.61. The van der Waals surface area contributed by atoms with E-state index in [9.17, 15) is 14.0 Å². The Kier molecular flexibility index (Phi) is 5.54. The third kappa shape index (κ3) is 3.93. The van der Waals surface area contributed by atoms with Crippen molar-refractivity contribution in [1.29, 1.82) is 0 Å². The Morgan fingerprint density at radius 3 is 2.74 bits per heavy atom. The number of benzene rings is 1. The number of hydrogen-bond acceptors (Lipinski definition) is 5. The van der Waals surface area contributed by atoms with Crippen LogP contribution >= 0.6 is 0 Å². The molecule has 0 saturated carbocycles. The standard InChI is InChI=1S/C23H23FN4O3/c1-4-5-11-27-13-28-21(14(2)25-22(28)23(27)30)16-9-10-19(17(24)12-16)31-20-8-6-7-18(26-20)15(3)29/h6-10,12H,4-5,11,13H2,1-3H3. The number of carbonyl (C=O) groups excluding carboxylic acids is 2. The largest absolute Gasteiger partial charge is 0.436 e. The van der Waals surface area contributed by atoms with E-state index in [1.165, 1.54) is 19.1 Å². The maximum Gasteiger partial charge on any atom is 0.291 e. The molecule has 3 aromatic rings. The van der Waals surface area contributed by atoms with Crippen LogP contribution in [-0.4, -0.2) is 37.7 Å². The van der Waals surface area contributed by atoms with Crippen molar-refractivity contribution >= 4 is 11.7 Å². The minimum absolute atomic E-state index is 0.00332. The van der Waals surface area contributed by atoms with Crippen LogP contribution in [0.15, 0.2) is 36.4 Å². The van der Waals surface area contributed by atoms with E-state index in [0.29, 0.717) is 36.0 Å². The molecule has 3 heterocycles. The zero-order chi connectivity index (χ0) is 22.1. The van der Waals surface area contributed by atoms with Gasteiger partial charge in [-0.1, -0.05) is 19.4 Å². The van der Waals surface area contributed by atoms with E-state index in [1.54, 1.807) is 29.2 Å². The number of Topliss-reactive ketones (excluding diaryl/α,β-unsaturated/α-hetero) is 1. The van der Waals surface area contributed by atoms with Gasteiger partial charge >= 0.3 is 0 Å². The molecule has 31 heavy (non-hydrogen) atoms. The van der Waals surface area contributed by atoms with Crippen molar-refractivity contribution < 1.29 is 18.7 Å². The lowest BCUT2D eigenvalue weighted by molar-refractivity contribution is 0.0763. The van der Waals surface area contributed by atoms with Crippen LogP contribution in [0.5, 0.6) is 11.6 Å². The Hall–Kier alpha value is -3.55. The fourth-order valence-corrected chi connectivity index (χ4v) is 3.65.